The molecule has 2 aromatic heterocycles. The average molecular weight is 403 g/mol. The van der Waals surface area contributed by atoms with Gasteiger partial charge in [-0.3, -0.25) is 0 Å². The van der Waals surface area contributed by atoms with Crippen LogP contribution < -0.4 is 5.32 Å². The third-order valence-corrected chi connectivity index (χ3v) is 4.10. The summed E-state index contributed by atoms with van der Waals surface area (Å²) in [5.41, 5.74) is 0.849. The van der Waals surface area contributed by atoms with Crippen molar-refractivity contribution in [2.24, 2.45) is 0 Å². The van der Waals surface area contributed by atoms with Gasteiger partial charge in [0.05, 0.1) is 20.9 Å². The van der Waals surface area contributed by atoms with E-state index in [2.05, 4.69) is 67.9 Å². The minimum atomic E-state index is -0.0975. The van der Waals surface area contributed by atoms with Crippen molar-refractivity contribution in [3.63, 3.8) is 0 Å². The number of nitrogens with zero attached hydrogens (tertiary/aromatic N) is 2. The predicted octanol–water partition coefficient (Wildman–Crippen LogP) is 4.99. The van der Waals surface area contributed by atoms with Gasteiger partial charge in [0.2, 0.25) is 0 Å². The van der Waals surface area contributed by atoms with Gasteiger partial charge in [-0.1, -0.05) is 20.8 Å². The zero-order valence-corrected chi connectivity index (χ0v) is 15.1. The van der Waals surface area contributed by atoms with Crippen molar-refractivity contribution >= 4 is 37.7 Å². The van der Waals surface area contributed by atoms with E-state index in [1.165, 1.54) is 0 Å². The van der Waals surface area contributed by atoms with Crippen LogP contribution in [-0.2, 0) is 5.41 Å². The van der Waals surface area contributed by atoms with Crippen LogP contribution in [0.15, 0.2) is 25.7 Å². The Bertz CT molecular complexity index is 617. The molecule has 2 aromatic rings. The molecule has 4 nitrogen and oxygen atoms in total. The van der Waals surface area contributed by atoms with Crippen molar-refractivity contribution in [3.8, 4) is 11.6 Å². The zero-order valence-electron chi connectivity index (χ0n) is 11.9. The first-order valence-electron chi connectivity index (χ1n) is 6.39. The molecule has 0 bridgehead atoms. The Kier molecular flexibility index (Phi) is 4.54. The molecule has 0 aliphatic carbocycles. The Labute approximate surface area is 135 Å². The average Bonchev–Trinajstić information content (AvgIpc) is 2.77. The number of rotatable bonds is 3. The van der Waals surface area contributed by atoms with E-state index >= 15 is 0 Å². The third kappa shape index (κ3) is 3.06. The van der Waals surface area contributed by atoms with Gasteiger partial charge in [0.15, 0.2) is 11.6 Å². The second-order valence-electron chi connectivity index (χ2n) is 5.44. The highest BCUT2D eigenvalue weighted by molar-refractivity contribution is 9.11. The Morgan fingerprint density at radius 1 is 1.25 bits per heavy atom. The van der Waals surface area contributed by atoms with E-state index in [1.807, 2.05) is 13.0 Å². The summed E-state index contributed by atoms with van der Waals surface area (Å²) in [5, 5.41) is 3.26. The lowest BCUT2D eigenvalue weighted by Crippen LogP contribution is -2.17. The summed E-state index contributed by atoms with van der Waals surface area (Å²) in [6, 6.07) is 1.84. The number of nitrogens with one attached hydrogen (secondary N) is 1. The van der Waals surface area contributed by atoms with Gasteiger partial charge in [0.25, 0.3) is 0 Å². The van der Waals surface area contributed by atoms with E-state index in [-0.39, 0.29) is 5.41 Å². The number of hydrogen-bond donors (Lipinski definition) is 1. The summed E-state index contributed by atoms with van der Waals surface area (Å²) < 4.78 is 7.23. The number of halogens is 2. The van der Waals surface area contributed by atoms with Crippen LogP contribution in [-0.4, -0.2) is 16.5 Å². The summed E-state index contributed by atoms with van der Waals surface area (Å²) >= 11 is 7.06. The molecule has 0 radical (unpaired) electrons. The largest absolute Gasteiger partial charge is 0.460 e. The summed E-state index contributed by atoms with van der Waals surface area (Å²) in [5.74, 6) is 2.00. The fraction of sp³-hybridized carbons (Fsp3) is 0.429. The molecule has 0 aliphatic heterocycles. The molecule has 108 valence electrons. The molecule has 2 rings (SSSR count). The van der Waals surface area contributed by atoms with E-state index < -0.39 is 0 Å². The highest BCUT2D eigenvalue weighted by Crippen LogP contribution is 2.36. The highest BCUT2D eigenvalue weighted by atomic mass is 79.9. The molecule has 0 aliphatic rings. The van der Waals surface area contributed by atoms with Crippen molar-refractivity contribution < 1.29 is 4.42 Å². The van der Waals surface area contributed by atoms with Crippen molar-refractivity contribution in [1.82, 2.24) is 9.97 Å². The highest BCUT2D eigenvalue weighted by Gasteiger charge is 2.24. The quantitative estimate of drug-likeness (QED) is 0.785. The summed E-state index contributed by atoms with van der Waals surface area (Å²) in [4.78, 5) is 9.21. The molecule has 0 spiro atoms. The summed E-state index contributed by atoms with van der Waals surface area (Å²) in [7, 11) is 0. The molecular weight excluding hydrogens is 386 g/mol. The molecule has 1 N–H and O–H groups in total. The maximum Gasteiger partial charge on any atom is 0.199 e. The lowest BCUT2D eigenvalue weighted by atomic mass is 9.92. The molecule has 2 heterocycles. The van der Waals surface area contributed by atoms with Crippen LogP contribution in [0.1, 0.15) is 33.4 Å². The van der Waals surface area contributed by atoms with Gasteiger partial charge in [0, 0.05) is 12.0 Å². The molecule has 0 saturated carbocycles. The molecule has 0 aromatic carbocycles. The van der Waals surface area contributed by atoms with E-state index in [4.69, 9.17) is 4.42 Å². The van der Waals surface area contributed by atoms with E-state index in [0.717, 1.165) is 27.0 Å². The molecular formula is C14H17Br2N3O. The summed E-state index contributed by atoms with van der Waals surface area (Å²) in [6.45, 7) is 9.19. The van der Waals surface area contributed by atoms with Gasteiger partial charge in [0.1, 0.15) is 5.82 Å². The fourth-order valence-electron chi connectivity index (χ4n) is 1.78. The maximum absolute atomic E-state index is 5.48. The Hall–Kier alpha value is -0.880. The van der Waals surface area contributed by atoms with E-state index in [9.17, 15) is 0 Å². The predicted molar refractivity (Wildman–Crippen MR) is 88.0 cm³/mol. The maximum atomic E-state index is 5.48. The number of hydrogen-bond acceptors (Lipinski definition) is 4. The second-order valence-corrected chi connectivity index (χ2v) is 7.08. The Morgan fingerprint density at radius 2 is 1.95 bits per heavy atom. The lowest BCUT2D eigenvalue weighted by Gasteiger charge is -2.21. The van der Waals surface area contributed by atoms with E-state index in [0.29, 0.717) is 11.6 Å². The Morgan fingerprint density at radius 3 is 2.45 bits per heavy atom. The van der Waals surface area contributed by atoms with Crippen molar-refractivity contribution in [2.75, 3.05) is 11.9 Å². The van der Waals surface area contributed by atoms with Gasteiger partial charge < -0.3 is 9.73 Å². The number of aromatic nitrogens is 2. The number of anilines is 1. The van der Waals surface area contributed by atoms with E-state index in [1.54, 1.807) is 6.26 Å². The second kappa shape index (κ2) is 5.85. The molecule has 6 heteroatoms. The van der Waals surface area contributed by atoms with Crippen LogP contribution in [0.3, 0.4) is 0 Å². The molecule has 0 atom stereocenters. The monoisotopic (exact) mass is 401 g/mol. The molecule has 0 fully saturated rings. The van der Waals surface area contributed by atoms with Crippen LogP contribution >= 0.6 is 31.9 Å². The fourth-order valence-corrected chi connectivity index (χ4v) is 3.07. The van der Waals surface area contributed by atoms with Crippen molar-refractivity contribution in [3.05, 3.63) is 27.0 Å². The first-order chi connectivity index (χ1) is 9.34. The molecule has 20 heavy (non-hydrogen) atoms. The summed E-state index contributed by atoms with van der Waals surface area (Å²) in [6.07, 6.45) is 1.62. The Balaban J connectivity index is 2.65. The van der Waals surface area contributed by atoms with Gasteiger partial charge in [-0.15, -0.1) is 0 Å². The van der Waals surface area contributed by atoms with Gasteiger partial charge in [-0.25, -0.2) is 9.97 Å². The smallest absolute Gasteiger partial charge is 0.199 e. The normalized spacial score (nSPS) is 11.7. The van der Waals surface area contributed by atoms with Crippen LogP contribution in [0.2, 0.25) is 0 Å². The SMILES string of the molecule is CCNc1nc(-c2occc2Br)nc(C(C)(C)C)c1Br. The standard InChI is InChI=1S/C14H17Br2N3O/c1-5-17-12-9(16)11(14(2,3)4)18-13(19-12)10-8(15)6-7-20-10/h6-7H,5H2,1-4H3,(H,17,18,19). The van der Waals surface area contributed by atoms with Gasteiger partial charge in [-0.05, 0) is 44.8 Å². The number of furan rings is 1. The van der Waals surface area contributed by atoms with Crippen LogP contribution in [0.25, 0.3) is 11.6 Å². The minimum absolute atomic E-state index is 0.0975. The third-order valence-electron chi connectivity index (χ3n) is 2.73. The molecule has 0 unspecified atom stereocenters. The molecule has 0 amide bonds. The minimum Gasteiger partial charge on any atom is -0.460 e. The van der Waals surface area contributed by atoms with Gasteiger partial charge >= 0.3 is 0 Å². The topological polar surface area (TPSA) is 51.0 Å². The van der Waals surface area contributed by atoms with Gasteiger partial charge in [-0.2, -0.15) is 0 Å². The molecule has 0 saturated heterocycles. The first kappa shape index (κ1) is 15.5. The van der Waals surface area contributed by atoms with Crippen LogP contribution in [0.4, 0.5) is 5.82 Å². The lowest BCUT2D eigenvalue weighted by molar-refractivity contribution is 0.554. The van der Waals surface area contributed by atoms with Crippen LogP contribution in [0, 0.1) is 0 Å². The van der Waals surface area contributed by atoms with Crippen molar-refractivity contribution in [2.45, 2.75) is 33.1 Å². The van der Waals surface area contributed by atoms with Crippen LogP contribution in [0.5, 0.6) is 0 Å². The van der Waals surface area contributed by atoms with Crippen molar-refractivity contribution in [1.29, 1.82) is 0 Å². The zero-order chi connectivity index (χ0) is 14.9. The first-order valence-corrected chi connectivity index (χ1v) is 7.98.